The van der Waals surface area contributed by atoms with Crippen molar-refractivity contribution in [3.8, 4) is 5.75 Å². The Labute approximate surface area is 177 Å². The molecule has 0 bridgehead atoms. The van der Waals surface area contributed by atoms with Crippen molar-refractivity contribution < 1.29 is 17.9 Å². The lowest BCUT2D eigenvalue weighted by molar-refractivity contribution is -0.121. The maximum absolute atomic E-state index is 12.6. The number of benzene rings is 2. The number of likely N-dealkylation sites (N-methyl/N-ethyl adjacent to an activating group) is 1. The molecule has 6 nitrogen and oxygen atoms in total. The van der Waals surface area contributed by atoms with Crippen LogP contribution in [-0.4, -0.2) is 51.6 Å². The van der Waals surface area contributed by atoms with Crippen molar-refractivity contribution in [3.63, 3.8) is 0 Å². The fourth-order valence-corrected chi connectivity index (χ4v) is 4.32. The van der Waals surface area contributed by atoms with Crippen LogP contribution in [-0.2, 0) is 21.2 Å². The van der Waals surface area contributed by atoms with Gasteiger partial charge >= 0.3 is 0 Å². The molecule has 0 saturated carbocycles. The molecule has 2 aromatic rings. The van der Waals surface area contributed by atoms with Crippen LogP contribution < -0.4 is 10.1 Å². The van der Waals surface area contributed by atoms with Gasteiger partial charge in [0.25, 0.3) is 0 Å². The Morgan fingerprint density at radius 2 is 1.83 bits per heavy atom. The Balaban J connectivity index is 1.82. The summed E-state index contributed by atoms with van der Waals surface area (Å²) in [6.45, 7) is 2.80. The van der Waals surface area contributed by atoms with E-state index < -0.39 is 10.0 Å². The second kappa shape index (κ2) is 11.2. The van der Waals surface area contributed by atoms with Crippen LogP contribution in [0.2, 0.25) is 0 Å². The molecule has 0 aliphatic carbocycles. The van der Waals surface area contributed by atoms with Crippen LogP contribution in [0.3, 0.4) is 0 Å². The average Bonchev–Trinajstić information content (AvgIpc) is 2.72. The SMILES string of the molecule is CCOc1ccccc1CCCNC(=O)CN(C)S(=O)(=O)c1ccc(SC)cc1. The lowest BCUT2D eigenvalue weighted by atomic mass is 10.1. The highest BCUT2D eigenvalue weighted by Crippen LogP contribution is 2.20. The van der Waals surface area contributed by atoms with Crippen molar-refractivity contribution in [1.82, 2.24) is 9.62 Å². The van der Waals surface area contributed by atoms with Crippen LogP contribution in [0.5, 0.6) is 5.75 Å². The van der Waals surface area contributed by atoms with Gasteiger partial charge in [0.1, 0.15) is 5.75 Å². The molecule has 0 heterocycles. The number of rotatable bonds is 11. The molecule has 1 N–H and O–H groups in total. The van der Waals surface area contributed by atoms with E-state index in [2.05, 4.69) is 5.32 Å². The van der Waals surface area contributed by atoms with Gasteiger partial charge in [-0.2, -0.15) is 4.31 Å². The Morgan fingerprint density at radius 1 is 1.14 bits per heavy atom. The second-order valence-corrected chi connectivity index (χ2v) is 9.36. The highest BCUT2D eigenvalue weighted by Gasteiger charge is 2.22. The molecular formula is C21H28N2O4S2. The van der Waals surface area contributed by atoms with Gasteiger partial charge in [-0.1, -0.05) is 18.2 Å². The fourth-order valence-electron chi connectivity index (χ4n) is 2.78. The number of amides is 1. The van der Waals surface area contributed by atoms with Crippen LogP contribution in [0.1, 0.15) is 18.9 Å². The molecule has 0 spiro atoms. The first-order valence-corrected chi connectivity index (χ1v) is 12.1. The number of nitrogens with zero attached hydrogens (tertiary/aromatic N) is 1. The van der Waals surface area contributed by atoms with Crippen molar-refractivity contribution in [3.05, 3.63) is 54.1 Å². The molecule has 0 saturated heterocycles. The number of ether oxygens (including phenoxy) is 1. The number of sulfonamides is 1. The zero-order chi connectivity index (χ0) is 21.3. The van der Waals surface area contributed by atoms with Crippen LogP contribution in [0.15, 0.2) is 58.3 Å². The Kier molecular flexibility index (Phi) is 9.00. The molecule has 1 amide bonds. The number of nitrogens with one attached hydrogen (secondary N) is 1. The minimum absolute atomic E-state index is 0.179. The van der Waals surface area contributed by atoms with E-state index in [-0.39, 0.29) is 17.3 Å². The van der Waals surface area contributed by atoms with E-state index in [4.69, 9.17) is 4.74 Å². The smallest absolute Gasteiger partial charge is 0.243 e. The first kappa shape index (κ1) is 23.3. The molecule has 0 radical (unpaired) electrons. The van der Waals surface area contributed by atoms with Crippen LogP contribution >= 0.6 is 11.8 Å². The second-order valence-electron chi connectivity index (χ2n) is 6.43. The Hall–Kier alpha value is -2.03. The van der Waals surface area contributed by atoms with Crippen molar-refractivity contribution in [2.24, 2.45) is 0 Å². The number of para-hydroxylation sites is 1. The number of carbonyl (C=O) groups is 1. The van der Waals surface area contributed by atoms with Crippen LogP contribution in [0.25, 0.3) is 0 Å². The largest absolute Gasteiger partial charge is 0.494 e. The van der Waals surface area contributed by atoms with Gasteiger partial charge in [-0.25, -0.2) is 8.42 Å². The first-order valence-electron chi connectivity index (χ1n) is 9.46. The summed E-state index contributed by atoms with van der Waals surface area (Å²) < 4.78 is 31.9. The van der Waals surface area contributed by atoms with E-state index in [1.807, 2.05) is 37.4 Å². The zero-order valence-corrected chi connectivity index (χ0v) is 18.7. The normalized spacial score (nSPS) is 11.4. The van der Waals surface area contributed by atoms with Gasteiger partial charge in [-0.3, -0.25) is 4.79 Å². The van der Waals surface area contributed by atoms with Crippen molar-refractivity contribution in [2.45, 2.75) is 29.6 Å². The summed E-state index contributed by atoms with van der Waals surface area (Å²) in [7, 11) is -2.29. The van der Waals surface area contributed by atoms with E-state index in [1.54, 1.807) is 24.3 Å². The van der Waals surface area contributed by atoms with E-state index in [0.29, 0.717) is 13.2 Å². The number of hydrogen-bond donors (Lipinski definition) is 1. The summed E-state index contributed by atoms with van der Waals surface area (Å²) in [5.41, 5.74) is 1.09. The summed E-state index contributed by atoms with van der Waals surface area (Å²) in [5, 5.41) is 2.79. The summed E-state index contributed by atoms with van der Waals surface area (Å²) in [4.78, 5) is 13.3. The third kappa shape index (κ3) is 6.76. The van der Waals surface area contributed by atoms with Gasteiger partial charge in [0, 0.05) is 18.5 Å². The predicted octanol–water partition coefficient (Wildman–Crippen LogP) is 3.18. The topological polar surface area (TPSA) is 75.7 Å². The van der Waals surface area contributed by atoms with Crippen molar-refractivity contribution in [1.29, 1.82) is 0 Å². The minimum Gasteiger partial charge on any atom is -0.494 e. The maximum atomic E-state index is 12.6. The highest BCUT2D eigenvalue weighted by atomic mass is 32.2. The van der Waals surface area contributed by atoms with Gasteiger partial charge in [-0.05, 0) is 61.9 Å². The summed E-state index contributed by atoms with van der Waals surface area (Å²) in [6, 6.07) is 14.5. The summed E-state index contributed by atoms with van der Waals surface area (Å²) >= 11 is 1.54. The number of thioether (sulfide) groups is 1. The van der Waals surface area contributed by atoms with E-state index in [1.165, 1.54) is 18.8 Å². The van der Waals surface area contributed by atoms with E-state index in [9.17, 15) is 13.2 Å². The molecule has 2 rings (SSSR count). The predicted molar refractivity (Wildman–Crippen MR) is 117 cm³/mol. The highest BCUT2D eigenvalue weighted by molar-refractivity contribution is 7.98. The molecule has 29 heavy (non-hydrogen) atoms. The molecule has 0 atom stereocenters. The molecule has 2 aromatic carbocycles. The summed E-state index contributed by atoms with van der Waals surface area (Å²) in [5.74, 6) is 0.537. The average molecular weight is 437 g/mol. The van der Waals surface area contributed by atoms with Gasteiger partial charge in [0.15, 0.2) is 0 Å². The number of hydrogen-bond acceptors (Lipinski definition) is 5. The quantitative estimate of drug-likeness (QED) is 0.433. The molecule has 158 valence electrons. The molecule has 0 aromatic heterocycles. The third-order valence-electron chi connectivity index (χ3n) is 4.35. The number of aryl methyl sites for hydroxylation is 1. The van der Waals surface area contributed by atoms with Crippen molar-refractivity contribution in [2.75, 3.05) is 33.0 Å². The Morgan fingerprint density at radius 3 is 2.48 bits per heavy atom. The number of carbonyl (C=O) groups excluding carboxylic acids is 1. The zero-order valence-electron chi connectivity index (χ0n) is 17.1. The minimum atomic E-state index is -3.70. The molecule has 0 fully saturated rings. The van der Waals surface area contributed by atoms with Crippen molar-refractivity contribution >= 4 is 27.7 Å². The summed E-state index contributed by atoms with van der Waals surface area (Å²) in [6.07, 6.45) is 3.43. The monoisotopic (exact) mass is 436 g/mol. The first-order chi connectivity index (χ1) is 13.9. The maximum Gasteiger partial charge on any atom is 0.243 e. The molecule has 0 aliphatic heterocycles. The molecule has 0 unspecified atom stereocenters. The lowest BCUT2D eigenvalue weighted by Gasteiger charge is -2.17. The van der Waals surface area contributed by atoms with Crippen LogP contribution in [0.4, 0.5) is 0 Å². The van der Waals surface area contributed by atoms with Gasteiger partial charge < -0.3 is 10.1 Å². The third-order valence-corrected chi connectivity index (χ3v) is 6.91. The Bertz CT molecular complexity index is 899. The fraction of sp³-hybridized carbons (Fsp3) is 0.381. The van der Waals surface area contributed by atoms with Crippen LogP contribution in [0, 0.1) is 0 Å². The van der Waals surface area contributed by atoms with Gasteiger partial charge in [0.2, 0.25) is 15.9 Å². The molecule has 0 aliphatic rings. The van der Waals surface area contributed by atoms with Gasteiger partial charge in [0.05, 0.1) is 18.0 Å². The molecule has 8 heteroatoms. The van der Waals surface area contributed by atoms with E-state index >= 15 is 0 Å². The lowest BCUT2D eigenvalue weighted by Crippen LogP contribution is -2.38. The van der Waals surface area contributed by atoms with Gasteiger partial charge in [-0.15, -0.1) is 11.8 Å². The molecular weight excluding hydrogens is 408 g/mol. The van der Waals surface area contributed by atoms with E-state index in [0.717, 1.165) is 33.4 Å². The standard InChI is InChI=1S/C21H28N2O4S2/c1-4-27-20-10-6-5-8-17(20)9-7-15-22-21(24)16-23(2)29(25,26)19-13-11-18(28-3)12-14-19/h5-6,8,10-14H,4,7,9,15-16H2,1-3H3,(H,22,24).